The lowest BCUT2D eigenvalue weighted by molar-refractivity contribution is 0.415. The van der Waals surface area contributed by atoms with Crippen LogP contribution in [-0.4, -0.2) is 16.6 Å². The fourth-order valence-corrected chi connectivity index (χ4v) is 1.25. The first-order valence-electron chi connectivity index (χ1n) is 3.75. The molecule has 0 bridgehead atoms. The third-order valence-corrected chi connectivity index (χ3v) is 2.23. The smallest absolute Gasteiger partial charge is 0.232 e. The van der Waals surface area contributed by atoms with E-state index >= 15 is 0 Å². The topological polar surface area (TPSA) is 33.1 Å². The van der Waals surface area contributed by atoms with Crippen molar-refractivity contribution in [2.45, 2.75) is 3.79 Å². The van der Waals surface area contributed by atoms with Crippen LogP contribution in [0.1, 0.15) is 5.56 Å². The van der Waals surface area contributed by atoms with Gasteiger partial charge >= 0.3 is 0 Å². The van der Waals surface area contributed by atoms with E-state index in [2.05, 4.69) is 0 Å². The van der Waals surface area contributed by atoms with Gasteiger partial charge in [-0.3, -0.25) is 0 Å². The second-order valence-electron chi connectivity index (χ2n) is 2.60. The Labute approximate surface area is 97.2 Å². The molecule has 0 heterocycles. The van der Waals surface area contributed by atoms with Crippen molar-refractivity contribution in [1.29, 1.82) is 5.41 Å². The number of hydrogen-bond donors (Lipinski definition) is 1. The van der Waals surface area contributed by atoms with Gasteiger partial charge in [-0.2, -0.15) is 0 Å². The van der Waals surface area contributed by atoms with Crippen molar-refractivity contribution in [3.8, 4) is 5.75 Å². The zero-order chi connectivity index (χ0) is 10.8. The van der Waals surface area contributed by atoms with Gasteiger partial charge in [-0.1, -0.05) is 34.8 Å². The summed E-state index contributed by atoms with van der Waals surface area (Å²) >= 11 is 16.7. The second-order valence-corrected chi connectivity index (χ2v) is 4.88. The van der Waals surface area contributed by atoms with Crippen LogP contribution in [-0.2, 0) is 0 Å². The molecule has 0 aliphatic carbocycles. The molecule has 0 saturated carbocycles. The minimum atomic E-state index is -1.69. The van der Waals surface area contributed by atoms with Crippen molar-refractivity contribution in [2.24, 2.45) is 0 Å². The summed E-state index contributed by atoms with van der Waals surface area (Å²) in [5.41, 5.74) is 0.510. The minimum absolute atomic E-state index is 0.0508. The molecule has 0 aliphatic heterocycles. The normalized spacial score (nSPS) is 11.1. The fourth-order valence-electron chi connectivity index (χ4n) is 0.921. The molecule has 5 heteroatoms. The fraction of sp³-hybridized carbons (Fsp3) is 0.222. The van der Waals surface area contributed by atoms with E-state index in [1.807, 2.05) is 0 Å². The van der Waals surface area contributed by atoms with E-state index in [9.17, 15) is 0 Å². The molecule has 0 atom stereocenters. The Morgan fingerprint density at radius 1 is 1.21 bits per heavy atom. The maximum absolute atomic E-state index is 7.57. The minimum Gasteiger partial charge on any atom is -0.497 e. The first kappa shape index (κ1) is 11.6. The van der Waals surface area contributed by atoms with Gasteiger partial charge in [0.2, 0.25) is 3.79 Å². The summed E-state index contributed by atoms with van der Waals surface area (Å²) in [6.45, 7) is 0. The van der Waals surface area contributed by atoms with Crippen molar-refractivity contribution in [1.82, 2.24) is 0 Å². The number of benzene rings is 1. The monoisotopic (exact) mass is 251 g/mol. The molecule has 76 valence electrons. The molecule has 0 fully saturated rings. The van der Waals surface area contributed by atoms with Gasteiger partial charge in [-0.15, -0.1) is 0 Å². The average molecular weight is 253 g/mol. The third kappa shape index (κ3) is 2.77. The van der Waals surface area contributed by atoms with Crippen LogP contribution in [0.2, 0.25) is 0 Å². The van der Waals surface area contributed by atoms with Crippen LogP contribution < -0.4 is 4.74 Å². The zero-order valence-corrected chi connectivity index (χ0v) is 9.62. The number of hydrogen-bond acceptors (Lipinski definition) is 2. The molecule has 1 aromatic carbocycles. The number of alkyl halides is 3. The molecule has 1 aromatic rings. The Kier molecular flexibility index (Phi) is 3.65. The molecular weight excluding hydrogens is 244 g/mol. The van der Waals surface area contributed by atoms with Crippen LogP contribution in [0.4, 0.5) is 0 Å². The number of nitrogens with one attached hydrogen (secondary N) is 1. The summed E-state index contributed by atoms with van der Waals surface area (Å²) in [5.74, 6) is 0.700. The Hall–Kier alpha value is -0.440. The highest BCUT2D eigenvalue weighted by molar-refractivity contribution is 6.77. The van der Waals surface area contributed by atoms with Crippen LogP contribution >= 0.6 is 34.8 Å². The van der Waals surface area contributed by atoms with Gasteiger partial charge in [0.15, 0.2) is 0 Å². The molecule has 14 heavy (non-hydrogen) atoms. The van der Waals surface area contributed by atoms with Crippen LogP contribution in [0, 0.1) is 5.41 Å². The summed E-state index contributed by atoms with van der Waals surface area (Å²) in [6.07, 6.45) is 0. The second kappa shape index (κ2) is 4.39. The molecule has 0 unspecified atom stereocenters. The van der Waals surface area contributed by atoms with E-state index in [1.165, 1.54) is 0 Å². The highest BCUT2D eigenvalue weighted by atomic mass is 35.6. The standard InChI is InChI=1S/C9H8Cl3NO/c1-14-7-4-2-6(3-5-7)8(13)9(10,11)12/h2-5,13H,1H3. The molecule has 0 aliphatic rings. The Morgan fingerprint density at radius 2 is 1.71 bits per heavy atom. The largest absolute Gasteiger partial charge is 0.497 e. The summed E-state index contributed by atoms with van der Waals surface area (Å²) in [6, 6.07) is 6.76. The maximum atomic E-state index is 7.57. The molecule has 1 N–H and O–H groups in total. The number of rotatable bonds is 2. The molecule has 0 amide bonds. The van der Waals surface area contributed by atoms with Gasteiger partial charge in [0.25, 0.3) is 0 Å². The van der Waals surface area contributed by atoms with E-state index in [1.54, 1.807) is 31.4 Å². The van der Waals surface area contributed by atoms with E-state index in [-0.39, 0.29) is 5.71 Å². The van der Waals surface area contributed by atoms with E-state index in [0.29, 0.717) is 11.3 Å². The molecule has 0 aromatic heterocycles. The predicted octanol–water partition coefficient (Wildman–Crippen LogP) is 3.43. The molecule has 1 rings (SSSR count). The number of methoxy groups -OCH3 is 1. The lowest BCUT2D eigenvalue weighted by Gasteiger charge is -2.12. The van der Waals surface area contributed by atoms with Gasteiger partial charge in [0, 0.05) is 0 Å². The maximum Gasteiger partial charge on any atom is 0.232 e. The lowest BCUT2D eigenvalue weighted by Crippen LogP contribution is -2.18. The van der Waals surface area contributed by atoms with Gasteiger partial charge in [0.05, 0.1) is 12.8 Å². The van der Waals surface area contributed by atoms with Crippen molar-refractivity contribution in [3.63, 3.8) is 0 Å². The quantitative estimate of drug-likeness (QED) is 0.635. The Balaban J connectivity index is 2.93. The van der Waals surface area contributed by atoms with Crippen LogP contribution in [0.5, 0.6) is 5.75 Å². The van der Waals surface area contributed by atoms with E-state index in [0.717, 1.165) is 0 Å². The molecule has 0 saturated heterocycles. The SMILES string of the molecule is COc1ccc(C(=N)C(Cl)(Cl)Cl)cc1. The predicted molar refractivity (Wildman–Crippen MR) is 60.1 cm³/mol. The molecule has 2 nitrogen and oxygen atoms in total. The summed E-state index contributed by atoms with van der Waals surface area (Å²) < 4.78 is 3.28. The third-order valence-electron chi connectivity index (χ3n) is 1.66. The first-order chi connectivity index (χ1) is 6.45. The summed E-state index contributed by atoms with van der Waals surface area (Å²) in [5, 5.41) is 7.57. The van der Waals surface area contributed by atoms with Crippen LogP contribution in [0.15, 0.2) is 24.3 Å². The summed E-state index contributed by atoms with van der Waals surface area (Å²) in [4.78, 5) is 0. The van der Waals surface area contributed by atoms with Gasteiger partial charge in [0.1, 0.15) is 5.75 Å². The average Bonchev–Trinajstić information content (AvgIpc) is 2.15. The Morgan fingerprint density at radius 3 is 2.07 bits per heavy atom. The van der Waals surface area contributed by atoms with E-state index < -0.39 is 3.79 Å². The van der Waals surface area contributed by atoms with Crippen molar-refractivity contribution in [3.05, 3.63) is 29.8 Å². The number of halogens is 3. The first-order valence-corrected chi connectivity index (χ1v) is 4.88. The lowest BCUT2D eigenvalue weighted by atomic mass is 10.1. The Bertz CT molecular complexity index is 329. The van der Waals surface area contributed by atoms with E-state index in [4.69, 9.17) is 44.9 Å². The van der Waals surface area contributed by atoms with Crippen LogP contribution in [0.3, 0.4) is 0 Å². The highest BCUT2D eigenvalue weighted by Crippen LogP contribution is 2.30. The highest BCUT2D eigenvalue weighted by Gasteiger charge is 2.27. The summed E-state index contributed by atoms with van der Waals surface area (Å²) in [7, 11) is 1.56. The number of ether oxygens (including phenoxy) is 1. The zero-order valence-electron chi connectivity index (χ0n) is 7.35. The van der Waals surface area contributed by atoms with Crippen molar-refractivity contribution >= 4 is 40.5 Å². The van der Waals surface area contributed by atoms with Crippen molar-refractivity contribution < 1.29 is 4.74 Å². The van der Waals surface area contributed by atoms with Gasteiger partial charge in [-0.05, 0) is 29.8 Å². The molecule has 0 radical (unpaired) electrons. The van der Waals surface area contributed by atoms with Gasteiger partial charge < -0.3 is 10.1 Å². The molecule has 0 spiro atoms. The van der Waals surface area contributed by atoms with Crippen molar-refractivity contribution in [2.75, 3.05) is 7.11 Å². The van der Waals surface area contributed by atoms with Crippen LogP contribution in [0.25, 0.3) is 0 Å². The van der Waals surface area contributed by atoms with Gasteiger partial charge in [-0.25, -0.2) is 0 Å². The molecular formula is C9H8Cl3NO.